The van der Waals surface area contributed by atoms with Crippen LogP contribution in [0, 0.1) is 148 Å². The third-order valence-corrected chi connectivity index (χ3v) is 7.27. The van der Waals surface area contributed by atoms with E-state index in [1.165, 1.54) is 0 Å². The molecule has 1 aliphatic rings. The van der Waals surface area contributed by atoms with Crippen molar-refractivity contribution < 1.29 is 21.9 Å². The Morgan fingerprint density at radius 2 is 1.32 bits per heavy atom. The van der Waals surface area contributed by atoms with Gasteiger partial charge in [0, 0.05) is 88.2 Å². The van der Waals surface area contributed by atoms with Crippen molar-refractivity contribution in [3.63, 3.8) is 0 Å². The number of nitrogens with one attached hydrogen (secondary N) is 2. The van der Waals surface area contributed by atoms with Gasteiger partial charge < -0.3 is 16.0 Å². The fraction of sp³-hybridized carbons (Fsp3) is 0.200. The summed E-state index contributed by atoms with van der Waals surface area (Å²) in [5.74, 6) is 49.9. The number of nitrogen functional groups attached to an aromatic ring is 1. The first-order chi connectivity index (χ1) is 29.4. The maximum atomic E-state index is 12.9. The van der Waals surface area contributed by atoms with Gasteiger partial charge in [-0.05, 0) is 173 Å². The van der Waals surface area contributed by atoms with E-state index in [1.54, 1.807) is 18.6 Å². The van der Waals surface area contributed by atoms with E-state index in [9.17, 15) is 4.79 Å². The molecule has 1 saturated heterocycles. The standard InChI is InChI=1S/C23H28N6O.C22H2.HN7O.12H2/c1-29-12-7-17(8-13-29)15-28-23-21(25-10-11-27-23)20(30)5-3-16-2-4-19-18(14-16)6-9-26-22(19)24;1-3-5-7-9-11-13-15-17-19-21-22-20-18-16-14-12-10-8-6-4-2;1-2-3-4-5-6-7-8;;;;;;;;;;;;/h2,4,6,9-11,14,17H,3,5,7-8,12-13,15H2,1H3,(H2,24,26)(H,27,28);1-2H;1H;12*1H/b;;2-1?,4-3+,6-5+;;;;;;;;;;;;. The van der Waals surface area contributed by atoms with Gasteiger partial charge in [-0.1, -0.05) is 18.2 Å². The maximum absolute atomic E-state index is 12.9. The van der Waals surface area contributed by atoms with E-state index in [2.05, 4.69) is 183 Å². The summed E-state index contributed by atoms with van der Waals surface area (Å²) in [5, 5.41) is 20.3. The predicted octanol–water partition coefficient (Wildman–Crippen LogP) is 7.84. The topological polar surface area (TPSA) is 212 Å². The molecule has 3 heterocycles. The van der Waals surface area contributed by atoms with Crippen molar-refractivity contribution in [2.24, 2.45) is 37.3 Å². The lowest BCUT2D eigenvalue weighted by molar-refractivity contribution is 0.0978. The number of pyridine rings is 1. The minimum atomic E-state index is 0. The largest absolute Gasteiger partial charge is 0.383 e. The summed E-state index contributed by atoms with van der Waals surface area (Å²) in [5.41, 5.74) is 13.4. The molecule has 15 heteroatoms. The summed E-state index contributed by atoms with van der Waals surface area (Å²) in [6, 6.07) is 7.97. The summed E-state index contributed by atoms with van der Waals surface area (Å²) in [4.78, 5) is 37.1. The highest BCUT2D eigenvalue weighted by Crippen LogP contribution is 2.22. The number of carbonyl (C=O) groups excluding carboxylic acids is 1. The molecule has 15 nitrogen and oxygen atoms in total. The molecule has 3 aromatic rings. The number of carbonyl (C=O) groups is 1. The van der Waals surface area contributed by atoms with Gasteiger partial charge in [-0.2, -0.15) is 5.53 Å². The zero-order valence-corrected chi connectivity index (χ0v) is 32.1. The number of likely N-dealkylation sites (tertiary alicyclic amines) is 1. The van der Waals surface area contributed by atoms with Crippen molar-refractivity contribution in [2.45, 2.75) is 25.7 Å². The van der Waals surface area contributed by atoms with E-state index in [0.717, 1.165) is 48.8 Å². The second-order valence-electron chi connectivity index (χ2n) is 11.1. The first-order valence-electron chi connectivity index (χ1n) is 17.2. The maximum Gasteiger partial charge on any atom is 0.185 e. The normalized spacial score (nSPS) is 10.4. The molecule has 0 radical (unpaired) electrons. The average molecular weight is 810 g/mol. The highest BCUT2D eigenvalue weighted by atomic mass is 16.3. The predicted molar refractivity (Wildman–Crippen MR) is 253 cm³/mol. The molecule has 0 atom stereocenters. The number of Topliss-reactive ketones (excluding diaryl/α,β-unsaturated/α-hetero) is 1. The number of ketones is 1. The molecule has 1 aromatic carbocycles. The number of nitroso groups, excluding NO2 is 1. The second kappa shape index (κ2) is 30.8. The Morgan fingerprint density at radius 3 is 1.85 bits per heavy atom. The Morgan fingerprint density at radius 1 is 0.783 bits per heavy atom. The van der Waals surface area contributed by atoms with Gasteiger partial charge in [0.05, 0.1) is 0 Å². The van der Waals surface area contributed by atoms with Crippen molar-refractivity contribution in [1.82, 2.24) is 19.9 Å². The van der Waals surface area contributed by atoms with E-state index in [0.29, 0.717) is 36.1 Å². The van der Waals surface area contributed by atoms with Crippen LogP contribution in [0.1, 0.15) is 52.4 Å². The lowest BCUT2D eigenvalue weighted by Gasteiger charge is -2.29. The molecule has 0 bridgehead atoms. The third kappa shape index (κ3) is 20.8. The van der Waals surface area contributed by atoms with Crippen LogP contribution in [0.2, 0.25) is 0 Å². The van der Waals surface area contributed by atoms with Gasteiger partial charge in [-0.15, -0.1) is 17.8 Å². The van der Waals surface area contributed by atoms with E-state index < -0.39 is 0 Å². The molecular formula is C45H55N13O2. The lowest BCUT2D eigenvalue weighted by Crippen LogP contribution is -2.33. The summed E-state index contributed by atoms with van der Waals surface area (Å²) in [6.07, 6.45) is 18.1. The van der Waals surface area contributed by atoms with Crippen molar-refractivity contribution >= 4 is 28.2 Å². The van der Waals surface area contributed by atoms with Crippen molar-refractivity contribution in [3.05, 3.63) is 59.0 Å². The Bertz CT molecular complexity index is 2700. The fourth-order valence-corrected chi connectivity index (χ4v) is 4.61. The Balaban J connectivity index is -0.0000000891. The van der Waals surface area contributed by atoms with E-state index in [4.69, 9.17) is 29.0 Å². The Kier molecular flexibility index (Phi) is 23.9. The molecule has 0 amide bonds. The van der Waals surface area contributed by atoms with Crippen LogP contribution in [0.3, 0.4) is 0 Å². The molecule has 4 N–H and O–H groups in total. The quantitative estimate of drug-likeness (QED) is 0.0602. The molecule has 60 heavy (non-hydrogen) atoms. The van der Waals surface area contributed by atoms with Gasteiger partial charge >= 0.3 is 0 Å². The summed E-state index contributed by atoms with van der Waals surface area (Å²) < 4.78 is 0. The van der Waals surface area contributed by atoms with Crippen LogP contribution in [0.5, 0.6) is 0 Å². The van der Waals surface area contributed by atoms with Gasteiger partial charge in [-0.25, -0.2) is 15.0 Å². The number of nitrogens with zero attached hydrogens (tertiary/aromatic N) is 10. The fourth-order valence-electron chi connectivity index (χ4n) is 4.61. The number of rotatable bonds is 10. The average Bonchev–Trinajstić information content (AvgIpc) is 3.27. The number of piperidine rings is 1. The number of hydrogen-bond donors (Lipinski definition) is 3. The number of nitrogens with two attached hydrogens (primary N) is 1. The van der Waals surface area contributed by atoms with Crippen molar-refractivity contribution in [3.8, 4) is 131 Å². The molecule has 0 spiro atoms. The van der Waals surface area contributed by atoms with Crippen molar-refractivity contribution in [2.75, 3.05) is 37.7 Å². The lowest BCUT2D eigenvalue weighted by atomic mass is 9.97. The first kappa shape index (κ1) is 46.7. The van der Waals surface area contributed by atoms with Gasteiger partial charge in [0.2, 0.25) is 0 Å². The molecule has 2 aromatic heterocycles. The van der Waals surface area contributed by atoms with Gasteiger partial charge in [0.1, 0.15) is 16.8 Å². The summed E-state index contributed by atoms with van der Waals surface area (Å²) in [6.45, 7) is 3.06. The molecule has 4 rings (SSSR count). The third-order valence-electron chi connectivity index (χ3n) is 7.27. The summed E-state index contributed by atoms with van der Waals surface area (Å²) >= 11 is 0. The van der Waals surface area contributed by atoms with Gasteiger partial charge in [0.25, 0.3) is 0 Å². The number of fused-ring (bicyclic) bond motifs is 1. The second-order valence-corrected chi connectivity index (χ2v) is 11.1. The monoisotopic (exact) mass is 809 g/mol. The number of hydrogen-bond acceptors (Lipinski definition) is 9. The molecule has 312 valence electrons. The molecular weight excluding hydrogens is 755 g/mol. The van der Waals surface area contributed by atoms with Crippen LogP contribution < -0.4 is 11.1 Å². The van der Waals surface area contributed by atoms with E-state index in [-0.39, 0.29) is 22.9 Å². The van der Waals surface area contributed by atoms with Crippen LogP contribution >= 0.6 is 0 Å². The molecule has 0 unspecified atom stereocenters. The highest BCUT2D eigenvalue weighted by molar-refractivity contribution is 5.98. The minimum Gasteiger partial charge on any atom is -0.383 e. The minimum absolute atomic E-state index is 0. The molecule has 0 saturated carbocycles. The van der Waals surface area contributed by atoms with E-state index in [1.807, 2.05) is 23.5 Å². The van der Waals surface area contributed by atoms with Crippen molar-refractivity contribution in [1.29, 1.82) is 5.53 Å². The SMILES string of the molecule is C#CC#CC#CC#CC#CC#CC#CC#CC#CC#CC#C.CN1CCC(CNc2nccnc2C(=O)CCc2ccc3c(N)nccc3c2)CC1.N=N/N=N/N=N/N=O.[HH].[HH].[HH].[HH].[HH].[HH].[HH].[HH].[HH].[HH].[HH].[HH]. The summed E-state index contributed by atoms with van der Waals surface area (Å²) in [7, 11) is 2.16. The Labute approximate surface area is 366 Å². The van der Waals surface area contributed by atoms with Gasteiger partial charge in [0.15, 0.2) is 11.6 Å². The zero-order valence-electron chi connectivity index (χ0n) is 32.1. The zero-order chi connectivity index (χ0) is 43.3. The number of terminal acetylenes is 2. The van der Waals surface area contributed by atoms with E-state index >= 15 is 0 Å². The number of aryl methyl sites for hydroxylation is 1. The molecule has 1 aliphatic heterocycles. The number of anilines is 2. The number of aromatic nitrogens is 3. The van der Waals surface area contributed by atoms with Crippen LogP contribution in [0.25, 0.3) is 10.8 Å². The Hall–Kier alpha value is -9.50. The van der Waals surface area contributed by atoms with Crippen LogP contribution in [-0.4, -0.2) is 52.3 Å². The van der Waals surface area contributed by atoms with Gasteiger partial charge in [-0.3, -0.25) is 4.79 Å². The van der Waals surface area contributed by atoms with Crippen LogP contribution in [-0.2, 0) is 6.42 Å². The highest BCUT2D eigenvalue weighted by Gasteiger charge is 2.19. The molecule has 0 aliphatic carbocycles. The smallest absolute Gasteiger partial charge is 0.185 e. The first-order valence-corrected chi connectivity index (χ1v) is 17.2. The number of benzene rings is 1. The van der Waals surface area contributed by atoms with Crippen LogP contribution in [0.15, 0.2) is 74.3 Å². The van der Waals surface area contributed by atoms with Crippen LogP contribution in [0.4, 0.5) is 11.6 Å². The molecule has 1 fully saturated rings.